The molecule has 2 saturated heterocycles. The van der Waals surface area contributed by atoms with Crippen molar-refractivity contribution in [1.82, 2.24) is 10.3 Å². The molecule has 86 valence electrons. The van der Waals surface area contributed by atoms with E-state index in [9.17, 15) is 0 Å². The number of aromatic nitrogens is 1. The maximum Gasteiger partial charge on any atom is 0.210 e. The van der Waals surface area contributed by atoms with Crippen LogP contribution in [0.15, 0.2) is 18.3 Å². The van der Waals surface area contributed by atoms with Gasteiger partial charge in [0, 0.05) is 30.9 Å². The summed E-state index contributed by atoms with van der Waals surface area (Å²) in [5.41, 5.74) is 1.22. The quantitative estimate of drug-likeness (QED) is 0.713. The van der Waals surface area contributed by atoms with Crippen LogP contribution < -0.4 is 5.32 Å². The Bertz CT molecular complexity index is 376. The summed E-state index contributed by atoms with van der Waals surface area (Å²) in [4.78, 5) is 3.95. The van der Waals surface area contributed by atoms with E-state index in [-0.39, 0.29) is 5.88 Å². The average Bonchev–Trinajstić information content (AvgIpc) is 2.33. The molecule has 0 saturated carbocycles. The van der Waals surface area contributed by atoms with Crippen LogP contribution in [0.1, 0.15) is 12.0 Å². The van der Waals surface area contributed by atoms with Crippen LogP contribution in [0.2, 0.25) is 0 Å². The Labute approximate surface area is 95.5 Å². The van der Waals surface area contributed by atoms with Crippen molar-refractivity contribution in [3.05, 3.63) is 23.9 Å². The smallest absolute Gasteiger partial charge is 0.210 e. The molecule has 3 rings (SSSR count). The number of likely N-dealkylation sites (N-methyl/N-ethyl adjacent to an activating group) is 1. The molecule has 3 heterocycles. The predicted octanol–water partition coefficient (Wildman–Crippen LogP) is 0.478. The van der Waals surface area contributed by atoms with Gasteiger partial charge < -0.3 is 14.9 Å². The molecular formula is C12H18N3O+. The summed E-state index contributed by atoms with van der Waals surface area (Å²) in [6, 6.07) is 5.17. The Morgan fingerprint density at radius 3 is 2.75 bits per heavy atom. The Hall–Kier alpha value is -1.13. The summed E-state index contributed by atoms with van der Waals surface area (Å²) in [5.74, 6) is 0.108. The summed E-state index contributed by atoms with van der Waals surface area (Å²) >= 11 is 0. The Morgan fingerprint density at radius 1 is 1.44 bits per heavy atom. The van der Waals surface area contributed by atoms with Crippen LogP contribution in [0.3, 0.4) is 0 Å². The lowest BCUT2D eigenvalue weighted by atomic mass is 9.84. The van der Waals surface area contributed by atoms with Gasteiger partial charge in [-0.2, -0.15) is 0 Å². The monoisotopic (exact) mass is 220 g/mol. The van der Waals surface area contributed by atoms with E-state index >= 15 is 0 Å². The van der Waals surface area contributed by atoms with Crippen molar-refractivity contribution in [1.29, 1.82) is 0 Å². The Morgan fingerprint density at radius 2 is 2.19 bits per heavy atom. The third-order valence-corrected chi connectivity index (χ3v) is 4.30. The highest BCUT2D eigenvalue weighted by molar-refractivity contribution is 5.16. The molecule has 0 radical (unpaired) electrons. The van der Waals surface area contributed by atoms with E-state index in [1.165, 1.54) is 12.0 Å². The lowest BCUT2D eigenvalue weighted by molar-refractivity contribution is -1.01. The third-order valence-electron chi connectivity index (χ3n) is 4.30. The Kier molecular flexibility index (Phi) is 2.16. The number of hydrogen-bond donors (Lipinski definition) is 2. The molecule has 0 aromatic carbocycles. The summed E-state index contributed by atoms with van der Waals surface area (Å²) < 4.78 is 1.14. The van der Waals surface area contributed by atoms with Gasteiger partial charge in [-0.25, -0.2) is 4.98 Å². The van der Waals surface area contributed by atoms with Gasteiger partial charge in [0.1, 0.15) is 18.6 Å². The average molecular weight is 220 g/mol. The highest BCUT2D eigenvalue weighted by atomic mass is 16.3. The molecular weight excluding hydrogens is 202 g/mol. The lowest BCUT2D eigenvalue weighted by Crippen LogP contribution is -2.77. The zero-order chi connectivity index (χ0) is 11.2. The number of hydrogen-bond acceptors (Lipinski definition) is 3. The number of pyridine rings is 1. The fourth-order valence-electron chi connectivity index (χ4n) is 3.12. The number of piperidine rings is 1. The molecule has 1 aromatic rings. The van der Waals surface area contributed by atoms with E-state index in [4.69, 9.17) is 5.11 Å². The van der Waals surface area contributed by atoms with Crippen molar-refractivity contribution in [2.75, 3.05) is 20.1 Å². The minimum absolute atomic E-state index is 0.108. The fourth-order valence-corrected chi connectivity index (χ4v) is 3.12. The minimum atomic E-state index is 0.108. The van der Waals surface area contributed by atoms with Crippen molar-refractivity contribution in [2.45, 2.75) is 25.0 Å². The van der Waals surface area contributed by atoms with Gasteiger partial charge in [0.2, 0.25) is 5.88 Å². The van der Waals surface area contributed by atoms with E-state index in [1.54, 1.807) is 12.3 Å². The predicted molar refractivity (Wildman–Crippen MR) is 60.9 cm³/mol. The van der Waals surface area contributed by atoms with Crippen LogP contribution in [0.5, 0.6) is 5.88 Å². The van der Waals surface area contributed by atoms with Crippen LogP contribution in [0.4, 0.5) is 0 Å². The summed E-state index contributed by atoms with van der Waals surface area (Å²) in [6.45, 7) is 3.31. The van der Waals surface area contributed by atoms with Crippen molar-refractivity contribution in [3.63, 3.8) is 0 Å². The second-order valence-corrected chi connectivity index (χ2v) is 5.23. The van der Waals surface area contributed by atoms with Crippen molar-refractivity contribution in [2.24, 2.45) is 0 Å². The first-order valence-corrected chi connectivity index (χ1v) is 5.88. The van der Waals surface area contributed by atoms with Gasteiger partial charge in [-0.15, -0.1) is 0 Å². The maximum atomic E-state index is 9.16. The molecule has 4 nitrogen and oxygen atoms in total. The van der Waals surface area contributed by atoms with Crippen molar-refractivity contribution >= 4 is 0 Å². The van der Waals surface area contributed by atoms with Crippen LogP contribution in [0.25, 0.3) is 0 Å². The van der Waals surface area contributed by atoms with Crippen molar-refractivity contribution in [3.8, 4) is 5.88 Å². The molecule has 4 heteroatoms. The zero-order valence-corrected chi connectivity index (χ0v) is 9.56. The highest BCUT2D eigenvalue weighted by Crippen LogP contribution is 2.37. The van der Waals surface area contributed by atoms with Crippen LogP contribution in [-0.4, -0.2) is 46.8 Å². The van der Waals surface area contributed by atoms with E-state index in [0.717, 1.165) is 36.2 Å². The van der Waals surface area contributed by atoms with Crippen LogP contribution in [-0.2, 0) is 6.54 Å². The van der Waals surface area contributed by atoms with E-state index < -0.39 is 0 Å². The first-order valence-electron chi connectivity index (χ1n) is 5.88. The van der Waals surface area contributed by atoms with E-state index in [2.05, 4.69) is 17.3 Å². The summed E-state index contributed by atoms with van der Waals surface area (Å²) in [6.07, 6.45) is 3.15. The normalized spacial score (nSPS) is 36.8. The van der Waals surface area contributed by atoms with Gasteiger partial charge in [-0.05, 0) is 6.07 Å². The molecule has 2 N–H and O–H groups in total. The molecule has 0 amide bonds. The first-order chi connectivity index (χ1) is 7.68. The molecule has 2 unspecified atom stereocenters. The van der Waals surface area contributed by atoms with Gasteiger partial charge in [0.25, 0.3) is 0 Å². The molecule has 16 heavy (non-hydrogen) atoms. The molecule has 2 bridgehead atoms. The highest BCUT2D eigenvalue weighted by Gasteiger charge is 2.53. The number of nitrogens with zero attached hydrogens (tertiary/aromatic N) is 2. The van der Waals surface area contributed by atoms with Gasteiger partial charge >= 0.3 is 0 Å². The maximum absolute atomic E-state index is 9.16. The van der Waals surface area contributed by atoms with Gasteiger partial charge in [-0.3, -0.25) is 0 Å². The van der Waals surface area contributed by atoms with E-state index in [0.29, 0.717) is 0 Å². The largest absolute Gasteiger partial charge is 0.493 e. The van der Waals surface area contributed by atoms with Crippen molar-refractivity contribution < 1.29 is 9.59 Å². The zero-order valence-electron chi connectivity index (χ0n) is 9.56. The Balaban J connectivity index is 1.77. The van der Waals surface area contributed by atoms with E-state index in [1.807, 2.05) is 6.07 Å². The SMILES string of the molecule is C[N+]1(Cc2ccc(O)nc2)C2CNCC1C2. The molecule has 2 aliphatic rings. The number of fused-ring (bicyclic) bond motifs is 2. The second kappa shape index (κ2) is 3.43. The van der Waals surface area contributed by atoms with Gasteiger partial charge in [0.05, 0.1) is 13.5 Å². The molecule has 2 atom stereocenters. The number of piperazine rings is 1. The standard InChI is InChI=1S/C12H17N3O/c1-15(10-4-11(15)7-13-6-10)8-9-2-3-12(16)14-5-9/h2-3,5,10-11,13H,4,6-8H2,1H3/p+1. The number of aromatic hydroxyl groups is 1. The van der Waals surface area contributed by atoms with Gasteiger partial charge in [0.15, 0.2) is 0 Å². The molecule has 1 aromatic heterocycles. The second-order valence-electron chi connectivity index (χ2n) is 5.23. The summed E-state index contributed by atoms with van der Waals surface area (Å²) in [7, 11) is 2.34. The molecule has 0 aliphatic carbocycles. The molecule has 2 aliphatic heterocycles. The van der Waals surface area contributed by atoms with Crippen LogP contribution in [0, 0.1) is 0 Å². The number of quaternary nitrogens is 1. The minimum Gasteiger partial charge on any atom is -0.493 e. The molecule has 2 fully saturated rings. The molecule has 0 spiro atoms. The summed E-state index contributed by atoms with van der Waals surface area (Å²) in [5, 5.41) is 12.6. The lowest BCUT2D eigenvalue weighted by Gasteiger charge is -2.59. The fraction of sp³-hybridized carbons (Fsp3) is 0.583. The third kappa shape index (κ3) is 1.41. The first kappa shape index (κ1) is 10.1. The number of rotatable bonds is 2. The number of nitrogens with one attached hydrogen (secondary N) is 1. The van der Waals surface area contributed by atoms with Crippen LogP contribution >= 0.6 is 0 Å². The topological polar surface area (TPSA) is 45.2 Å². The van der Waals surface area contributed by atoms with Gasteiger partial charge in [-0.1, -0.05) is 0 Å².